The van der Waals surface area contributed by atoms with Crippen LogP contribution in [-0.4, -0.2) is 22.7 Å². The van der Waals surface area contributed by atoms with Crippen LogP contribution in [0.1, 0.15) is 23.6 Å². The molecule has 0 N–H and O–H groups in total. The lowest BCUT2D eigenvalue weighted by molar-refractivity contribution is -0.123. The van der Waals surface area contributed by atoms with Gasteiger partial charge in [-0.1, -0.05) is 64.6 Å². The van der Waals surface area contributed by atoms with Crippen molar-refractivity contribution in [1.82, 2.24) is 4.90 Å². The first-order valence-electron chi connectivity index (χ1n) is 10.8. The second-order valence-corrected chi connectivity index (χ2v) is 10.3. The minimum absolute atomic E-state index is 0.00918. The zero-order chi connectivity index (χ0) is 25.8. The van der Waals surface area contributed by atoms with Crippen LogP contribution >= 0.6 is 58.2 Å². The molecule has 3 aromatic rings. The molecule has 0 aliphatic carbocycles. The van der Waals surface area contributed by atoms with Gasteiger partial charge in [0.25, 0.3) is 11.1 Å². The Labute approximate surface area is 232 Å². The van der Waals surface area contributed by atoms with Crippen molar-refractivity contribution in [2.75, 3.05) is 6.61 Å². The predicted octanol–water partition coefficient (Wildman–Crippen LogP) is 8.51. The van der Waals surface area contributed by atoms with E-state index in [0.29, 0.717) is 49.3 Å². The Hall–Kier alpha value is -2.35. The fraction of sp³-hybridized carbons (Fsp3) is 0.154. The van der Waals surface area contributed by atoms with E-state index in [0.717, 1.165) is 22.2 Å². The van der Waals surface area contributed by atoms with Gasteiger partial charge in [0.2, 0.25) is 0 Å². The number of benzene rings is 3. The highest BCUT2D eigenvalue weighted by Crippen LogP contribution is 2.37. The minimum atomic E-state index is -0.420. The molecule has 186 valence electrons. The van der Waals surface area contributed by atoms with Crippen LogP contribution in [0.15, 0.2) is 59.5 Å². The van der Waals surface area contributed by atoms with E-state index in [1.54, 1.807) is 60.7 Å². The molecule has 36 heavy (non-hydrogen) atoms. The van der Waals surface area contributed by atoms with Crippen LogP contribution < -0.4 is 9.47 Å². The normalized spacial score (nSPS) is 14.6. The topological polar surface area (TPSA) is 55.8 Å². The molecule has 10 heteroatoms. The highest BCUT2D eigenvalue weighted by atomic mass is 35.5. The smallest absolute Gasteiger partial charge is 0.293 e. The van der Waals surface area contributed by atoms with E-state index in [4.69, 9.17) is 55.9 Å². The third kappa shape index (κ3) is 6.13. The quantitative estimate of drug-likeness (QED) is 0.249. The first kappa shape index (κ1) is 26.7. The molecule has 1 heterocycles. The number of hydrogen-bond acceptors (Lipinski definition) is 5. The van der Waals surface area contributed by atoms with Crippen LogP contribution in [0.25, 0.3) is 6.08 Å². The van der Waals surface area contributed by atoms with Gasteiger partial charge in [-0.15, -0.1) is 0 Å². The second-order valence-electron chi connectivity index (χ2n) is 7.63. The van der Waals surface area contributed by atoms with Crippen LogP contribution in [0.5, 0.6) is 11.5 Å². The van der Waals surface area contributed by atoms with Gasteiger partial charge in [0.1, 0.15) is 6.61 Å². The molecule has 0 atom stereocenters. The highest BCUT2D eigenvalue weighted by molar-refractivity contribution is 8.18. The van der Waals surface area contributed by atoms with E-state index in [-0.39, 0.29) is 18.1 Å². The Morgan fingerprint density at radius 2 is 1.64 bits per heavy atom. The van der Waals surface area contributed by atoms with Crippen molar-refractivity contribution >= 4 is 75.4 Å². The summed E-state index contributed by atoms with van der Waals surface area (Å²) in [5.41, 5.74) is 1.97. The van der Waals surface area contributed by atoms with Gasteiger partial charge in [0.15, 0.2) is 11.5 Å². The van der Waals surface area contributed by atoms with Crippen LogP contribution in [0, 0.1) is 0 Å². The molecule has 0 radical (unpaired) electrons. The molecule has 0 aromatic heterocycles. The van der Waals surface area contributed by atoms with E-state index in [2.05, 4.69) is 0 Å². The van der Waals surface area contributed by atoms with Crippen molar-refractivity contribution in [3.05, 3.63) is 96.3 Å². The van der Waals surface area contributed by atoms with Crippen molar-refractivity contribution in [3.8, 4) is 11.5 Å². The predicted molar refractivity (Wildman–Crippen MR) is 146 cm³/mol. The minimum Gasteiger partial charge on any atom is -0.490 e. The Morgan fingerprint density at radius 1 is 0.889 bits per heavy atom. The third-order valence-corrected chi connectivity index (χ3v) is 7.42. The van der Waals surface area contributed by atoms with E-state index in [1.165, 1.54) is 0 Å². The van der Waals surface area contributed by atoms with Crippen LogP contribution in [0.3, 0.4) is 0 Å². The molecule has 1 aliphatic heterocycles. The van der Waals surface area contributed by atoms with Gasteiger partial charge in [-0.25, -0.2) is 0 Å². The summed E-state index contributed by atoms with van der Waals surface area (Å²) in [6, 6.07) is 15.5. The molecule has 2 amide bonds. The van der Waals surface area contributed by atoms with Gasteiger partial charge < -0.3 is 9.47 Å². The number of imide groups is 1. The van der Waals surface area contributed by atoms with E-state index >= 15 is 0 Å². The van der Waals surface area contributed by atoms with Gasteiger partial charge in [0, 0.05) is 31.2 Å². The van der Waals surface area contributed by atoms with Crippen molar-refractivity contribution in [3.63, 3.8) is 0 Å². The fourth-order valence-corrected chi connectivity index (χ4v) is 5.24. The molecule has 3 aromatic carbocycles. The van der Waals surface area contributed by atoms with Crippen LogP contribution in [-0.2, 0) is 17.9 Å². The maximum Gasteiger partial charge on any atom is 0.293 e. The van der Waals surface area contributed by atoms with Gasteiger partial charge >= 0.3 is 0 Å². The van der Waals surface area contributed by atoms with Gasteiger partial charge in [-0.2, -0.15) is 0 Å². The molecular weight excluding hydrogens is 564 g/mol. The van der Waals surface area contributed by atoms with Gasteiger partial charge in [0.05, 0.1) is 18.1 Å². The summed E-state index contributed by atoms with van der Waals surface area (Å²) in [6.45, 7) is 2.48. The molecule has 5 nitrogen and oxygen atoms in total. The van der Waals surface area contributed by atoms with Crippen molar-refractivity contribution < 1.29 is 19.1 Å². The Kier molecular flexibility index (Phi) is 8.75. The van der Waals surface area contributed by atoms with Crippen molar-refractivity contribution in [2.24, 2.45) is 0 Å². The summed E-state index contributed by atoms with van der Waals surface area (Å²) in [4.78, 5) is 27.0. The number of ether oxygens (including phenoxy) is 2. The number of thioether (sulfide) groups is 1. The number of halogens is 4. The summed E-state index contributed by atoms with van der Waals surface area (Å²) < 4.78 is 11.7. The molecule has 0 unspecified atom stereocenters. The lowest BCUT2D eigenvalue weighted by Gasteiger charge is -2.15. The molecule has 1 saturated heterocycles. The molecule has 0 spiro atoms. The Bertz CT molecular complexity index is 1340. The number of nitrogens with zero attached hydrogens (tertiary/aromatic N) is 1. The maximum atomic E-state index is 13.0. The van der Waals surface area contributed by atoms with E-state index < -0.39 is 11.1 Å². The third-order valence-electron chi connectivity index (χ3n) is 5.22. The first-order valence-corrected chi connectivity index (χ1v) is 13.1. The lowest BCUT2D eigenvalue weighted by Crippen LogP contribution is -2.27. The Morgan fingerprint density at radius 3 is 2.33 bits per heavy atom. The molecular formula is C26H19Cl4NO4S. The van der Waals surface area contributed by atoms with Gasteiger partial charge in [-0.05, 0) is 66.7 Å². The summed E-state index contributed by atoms with van der Waals surface area (Å²) in [5.74, 6) is 0.594. The number of hydrogen-bond donors (Lipinski definition) is 0. The van der Waals surface area contributed by atoms with Crippen molar-refractivity contribution in [2.45, 2.75) is 20.1 Å². The van der Waals surface area contributed by atoms with E-state index in [1.807, 2.05) is 6.92 Å². The fourth-order valence-electron chi connectivity index (χ4n) is 3.43. The maximum absolute atomic E-state index is 13.0. The largest absolute Gasteiger partial charge is 0.490 e. The number of amides is 2. The molecule has 0 saturated carbocycles. The standard InChI is InChI=1S/C26H19Cl4NO4S/c1-2-34-23-10-15(6-9-22(23)35-14-16-7-8-17(27)12-21(16)30)11-24-25(32)31(26(33)36-24)13-18-19(28)4-3-5-20(18)29/h3-12H,2,13-14H2,1H3/b24-11-. The summed E-state index contributed by atoms with van der Waals surface area (Å²) in [5, 5.41) is 1.44. The summed E-state index contributed by atoms with van der Waals surface area (Å²) >= 11 is 25.5. The molecule has 1 fully saturated rings. The Balaban J connectivity index is 1.53. The molecule has 1 aliphatic rings. The van der Waals surface area contributed by atoms with Crippen LogP contribution in [0.2, 0.25) is 20.1 Å². The van der Waals surface area contributed by atoms with Crippen molar-refractivity contribution in [1.29, 1.82) is 0 Å². The number of carbonyl (C=O) groups excluding carboxylic acids is 2. The first-order chi connectivity index (χ1) is 17.3. The molecule has 4 rings (SSSR count). The summed E-state index contributed by atoms with van der Waals surface area (Å²) in [7, 11) is 0. The SMILES string of the molecule is CCOc1cc(/C=C2\SC(=O)N(Cc3c(Cl)cccc3Cl)C2=O)ccc1OCc1ccc(Cl)cc1Cl. The van der Waals surface area contributed by atoms with E-state index in [9.17, 15) is 9.59 Å². The monoisotopic (exact) mass is 581 g/mol. The average Bonchev–Trinajstić information content (AvgIpc) is 3.09. The number of rotatable bonds is 8. The number of carbonyl (C=O) groups is 2. The highest BCUT2D eigenvalue weighted by Gasteiger charge is 2.35. The van der Waals surface area contributed by atoms with Crippen LogP contribution in [0.4, 0.5) is 4.79 Å². The zero-order valence-electron chi connectivity index (χ0n) is 18.9. The summed E-state index contributed by atoms with van der Waals surface area (Å²) in [6.07, 6.45) is 1.64. The second kappa shape index (κ2) is 11.8. The average molecular weight is 583 g/mol. The zero-order valence-corrected chi connectivity index (χ0v) is 22.7. The molecule has 0 bridgehead atoms. The lowest BCUT2D eigenvalue weighted by atomic mass is 10.1. The van der Waals surface area contributed by atoms with Gasteiger partial charge in [-0.3, -0.25) is 14.5 Å².